The number of hydrogen-bond acceptors (Lipinski definition) is 4. The van der Waals surface area contributed by atoms with Crippen molar-refractivity contribution < 1.29 is 10.0 Å². The van der Waals surface area contributed by atoms with E-state index in [2.05, 4.69) is 5.16 Å². The Morgan fingerprint density at radius 1 is 1.53 bits per heavy atom. The van der Waals surface area contributed by atoms with E-state index in [4.69, 9.17) is 5.21 Å². The van der Waals surface area contributed by atoms with Crippen molar-refractivity contribution >= 4 is 23.3 Å². The molecule has 1 heterocycles. The molecule has 0 radical (unpaired) electrons. The van der Waals surface area contributed by atoms with E-state index in [1.54, 1.807) is 0 Å². The van der Waals surface area contributed by atoms with E-state index in [0.29, 0.717) is 11.3 Å². The molecule has 1 aliphatic heterocycles. The molecule has 0 atom stereocenters. The maximum Gasteiger partial charge on any atom is 0.212 e. The fraction of sp³-hybridized carbons (Fsp3) is 0.273. The SMILES string of the molecule is CCc1ccc2c(c1)C(=O)/C(=N\O)CS2. The molecule has 0 saturated carbocycles. The number of ketones is 1. The third-order valence-electron chi connectivity index (χ3n) is 2.44. The highest BCUT2D eigenvalue weighted by Crippen LogP contribution is 2.29. The summed E-state index contributed by atoms with van der Waals surface area (Å²) in [5, 5.41) is 11.7. The predicted molar refractivity (Wildman–Crippen MR) is 60.1 cm³/mol. The number of thioether (sulfide) groups is 1. The Morgan fingerprint density at radius 2 is 2.33 bits per heavy atom. The van der Waals surface area contributed by atoms with Gasteiger partial charge in [0, 0.05) is 16.2 Å². The van der Waals surface area contributed by atoms with Crippen molar-refractivity contribution in [3.05, 3.63) is 29.3 Å². The first kappa shape index (κ1) is 10.2. The molecule has 0 bridgehead atoms. The lowest BCUT2D eigenvalue weighted by molar-refractivity contribution is 0.105. The summed E-state index contributed by atoms with van der Waals surface area (Å²) < 4.78 is 0. The molecule has 0 aliphatic carbocycles. The molecule has 0 aromatic heterocycles. The third kappa shape index (κ3) is 1.77. The summed E-state index contributed by atoms with van der Waals surface area (Å²) in [4.78, 5) is 12.8. The van der Waals surface area contributed by atoms with E-state index in [1.807, 2.05) is 25.1 Å². The summed E-state index contributed by atoms with van der Waals surface area (Å²) in [6.07, 6.45) is 0.900. The minimum atomic E-state index is -0.151. The van der Waals surface area contributed by atoms with E-state index < -0.39 is 0 Å². The first-order valence-electron chi connectivity index (χ1n) is 4.77. The quantitative estimate of drug-likeness (QED) is 0.585. The predicted octanol–water partition coefficient (Wildman–Crippen LogP) is 2.37. The Morgan fingerprint density at radius 3 is 3.00 bits per heavy atom. The Labute approximate surface area is 92.2 Å². The van der Waals surface area contributed by atoms with Crippen molar-refractivity contribution in [2.45, 2.75) is 18.2 Å². The standard InChI is InChI=1S/C11H11NO2S/c1-2-7-3-4-10-8(5-7)11(13)9(12-14)6-15-10/h3-5,14H,2,6H2,1H3/b12-9-. The number of carbonyl (C=O) groups excluding carboxylic acids is 1. The molecule has 0 spiro atoms. The number of fused-ring (bicyclic) bond motifs is 1. The molecule has 1 aromatic rings. The fourth-order valence-electron chi connectivity index (χ4n) is 1.54. The Kier molecular flexibility index (Phi) is 2.77. The minimum absolute atomic E-state index is 0.151. The van der Waals surface area contributed by atoms with Crippen LogP contribution < -0.4 is 0 Å². The topological polar surface area (TPSA) is 49.7 Å². The number of hydrogen-bond donors (Lipinski definition) is 1. The highest BCUT2D eigenvalue weighted by molar-refractivity contribution is 8.00. The van der Waals surface area contributed by atoms with Gasteiger partial charge in [0.25, 0.3) is 0 Å². The van der Waals surface area contributed by atoms with Crippen molar-refractivity contribution in [3.8, 4) is 0 Å². The number of carbonyl (C=O) groups is 1. The highest BCUT2D eigenvalue weighted by Gasteiger charge is 2.24. The zero-order valence-corrected chi connectivity index (χ0v) is 9.17. The average Bonchev–Trinajstić information content (AvgIpc) is 2.29. The molecule has 0 unspecified atom stereocenters. The Bertz CT molecular complexity index is 440. The van der Waals surface area contributed by atoms with Crippen LogP contribution in [0.25, 0.3) is 0 Å². The smallest absolute Gasteiger partial charge is 0.212 e. The second-order valence-electron chi connectivity index (χ2n) is 3.35. The van der Waals surface area contributed by atoms with E-state index >= 15 is 0 Å². The van der Waals surface area contributed by atoms with Crippen LogP contribution in [-0.2, 0) is 6.42 Å². The third-order valence-corrected chi connectivity index (χ3v) is 3.53. The number of nitrogens with zero attached hydrogens (tertiary/aromatic N) is 1. The maximum absolute atomic E-state index is 11.8. The van der Waals surface area contributed by atoms with Crippen LogP contribution in [-0.4, -0.2) is 22.5 Å². The molecule has 1 N–H and O–H groups in total. The normalized spacial score (nSPS) is 17.9. The first-order chi connectivity index (χ1) is 7.26. The molecule has 1 aromatic carbocycles. The number of Topliss-reactive ketones (excluding diaryl/α,β-unsaturated/α-hetero) is 1. The van der Waals surface area contributed by atoms with Crippen molar-refractivity contribution in [2.24, 2.45) is 5.16 Å². The van der Waals surface area contributed by atoms with Crippen molar-refractivity contribution in [1.29, 1.82) is 0 Å². The van der Waals surface area contributed by atoms with Crippen LogP contribution in [0.3, 0.4) is 0 Å². The Hall–Kier alpha value is -1.29. The van der Waals surface area contributed by atoms with Crippen LogP contribution in [0.1, 0.15) is 22.8 Å². The van der Waals surface area contributed by atoms with Gasteiger partial charge in [-0.25, -0.2) is 0 Å². The van der Waals surface area contributed by atoms with E-state index in [1.165, 1.54) is 11.8 Å². The molecular formula is C11H11NO2S. The molecule has 15 heavy (non-hydrogen) atoms. The minimum Gasteiger partial charge on any atom is -0.411 e. The lowest BCUT2D eigenvalue weighted by atomic mass is 10.0. The highest BCUT2D eigenvalue weighted by atomic mass is 32.2. The summed E-state index contributed by atoms with van der Waals surface area (Å²) >= 11 is 1.53. The van der Waals surface area contributed by atoms with Gasteiger partial charge in [0.2, 0.25) is 5.78 Å². The molecule has 3 nitrogen and oxygen atoms in total. The molecule has 78 valence electrons. The lowest BCUT2D eigenvalue weighted by Crippen LogP contribution is -2.22. The molecular weight excluding hydrogens is 210 g/mol. The Balaban J connectivity index is 2.49. The maximum atomic E-state index is 11.8. The number of aryl methyl sites for hydroxylation is 1. The average molecular weight is 221 g/mol. The number of benzene rings is 1. The van der Waals surface area contributed by atoms with Crippen LogP contribution in [0, 0.1) is 0 Å². The number of oxime groups is 1. The molecule has 4 heteroatoms. The van der Waals surface area contributed by atoms with Gasteiger partial charge in [0.15, 0.2) is 0 Å². The molecule has 0 amide bonds. The van der Waals surface area contributed by atoms with Gasteiger partial charge in [-0.15, -0.1) is 11.8 Å². The van der Waals surface area contributed by atoms with Crippen LogP contribution >= 0.6 is 11.8 Å². The van der Waals surface area contributed by atoms with Gasteiger partial charge in [0.05, 0.1) is 0 Å². The molecule has 1 aliphatic rings. The van der Waals surface area contributed by atoms with Gasteiger partial charge in [-0.1, -0.05) is 18.1 Å². The van der Waals surface area contributed by atoms with Gasteiger partial charge in [0.1, 0.15) is 5.71 Å². The van der Waals surface area contributed by atoms with Gasteiger partial charge in [-0.2, -0.15) is 0 Å². The van der Waals surface area contributed by atoms with Crippen LogP contribution in [0.15, 0.2) is 28.3 Å². The molecule has 2 rings (SSSR count). The van der Waals surface area contributed by atoms with Crippen molar-refractivity contribution in [1.82, 2.24) is 0 Å². The second kappa shape index (κ2) is 4.06. The molecule has 0 fully saturated rings. The second-order valence-corrected chi connectivity index (χ2v) is 4.37. The van der Waals surface area contributed by atoms with Crippen LogP contribution in [0.2, 0.25) is 0 Å². The van der Waals surface area contributed by atoms with Gasteiger partial charge >= 0.3 is 0 Å². The summed E-state index contributed by atoms with van der Waals surface area (Å²) in [6.45, 7) is 2.04. The monoisotopic (exact) mass is 221 g/mol. The van der Waals surface area contributed by atoms with E-state index in [9.17, 15) is 4.79 Å². The van der Waals surface area contributed by atoms with E-state index in [-0.39, 0.29) is 11.5 Å². The van der Waals surface area contributed by atoms with Crippen LogP contribution in [0.4, 0.5) is 0 Å². The summed E-state index contributed by atoms with van der Waals surface area (Å²) in [5.74, 6) is 0.301. The molecule has 0 saturated heterocycles. The van der Waals surface area contributed by atoms with Crippen molar-refractivity contribution in [3.63, 3.8) is 0 Å². The zero-order valence-electron chi connectivity index (χ0n) is 8.36. The lowest BCUT2D eigenvalue weighted by Gasteiger charge is -2.15. The van der Waals surface area contributed by atoms with Gasteiger partial charge < -0.3 is 5.21 Å². The number of rotatable bonds is 1. The summed E-state index contributed by atoms with van der Waals surface area (Å²) in [7, 11) is 0. The largest absolute Gasteiger partial charge is 0.411 e. The van der Waals surface area contributed by atoms with Crippen molar-refractivity contribution in [2.75, 3.05) is 5.75 Å². The van der Waals surface area contributed by atoms with Crippen LogP contribution in [0.5, 0.6) is 0 Å². The van der Waals surface area contributed by atoms with E-state index in [0.717, 1.165) is 16.9 Å². The fourth-order valence-corrected chi connectivity index (χ4v) is 2.49. The summed E-state index contributed by atoms with van der Waals surface area (Å²) in [6, 6.07) is 5.88. The van der Waals surface area contributed by atoms with Gasteiger partial charge in [-0.3, -0.25) is 4.79 Å². The first-order valence-corrected chi connectivity index (χ1v) is 5.76. The zero-order chi connectivity index (χ0) is 10.8. The van der Waals surface area contributed by atoms with Gasteiger partial charge in [-0.05, 0) is 24.1 Å². The summed E-state index contributed by atoms with van der Waals surface area (Å²) in [5.41, 5.74) is 2.03.